The highest BCUT2D eigenvalue weighted by Crippen LogP contribution is 2.31. The molecule has 0 aromatic heterocycles. The highest BCUT2D eigenvalue weighted by atomic mass is 16.5. The lowest BCUT2D eigenvalue weighted by Gasteiger charge is -2.37. The SMILES string of the molecule is CCN(c1cccc2c1CCCC(O)CCC1=C(CNC2=O)C(=O)CC(C)=C1)C1CCOCC1. The number of Topliss-reactive ketones (excluding diaryl/α,β-unsaturated/α-hetero) is 1. The van der Waals surface area contributed by atoms with Gasteiger partial charge < -0.3 is 20.1 Å². The molecule has 1 amide bonds. The summed E-state index contributed by atoms with van der Waals surface area (Å²) in [5.41, 5.74) is 5.50. The van der Waals surface area contributed by atoms with Gasteiger partial charge in [-0.15, -0.1) is 0 Å². The maximum Gasteiger partial charge on any atom is 0.251 e. The number of rotatable bonds is 3. The van der Waals surface area contributed by atoms with E-state index in [0.29, 0.717) is 42.9 Å². The minimum Gasteiger partial charge on any atom is -0.393 e. The van der Waals surface area contributed by atoms with Gasteiger partial charge >= 0.3 is 0 Å². The highest BCUT2D eigenvalue weighted by Gasteiger charge is 2.26. The number of carbonyl (C=O) groups is 2. The monoisotopic (exact) mass is 466 g/mol. The van der Waals surface area contributed by atoms with Crippen LogP contribution in [0.4, 0.5) is 5.69 Å². The van der Waals surface area contributed by atoms with E-state index in [9.17, 15) is 14.7 Å². The Labute approximate surface area is 203 Å². The molecular formula is C28H38N2O4. The van der Waals surface area contributed by atoms with Crippen LogP contribution < -0.4 is 10.2 Å². The fourth-order valence-electron chi connectivity index (χ4n) is 5.60. The first kappa shape index (κ1) is 24.7. The van der Waals surface area contributed by atoms with Gasteiger partial charge in [0.25, 0.3) is 5.91 Å². The van der Waals surface area contributed by atoms with Gasteiger partial charge in [0, 0.05) is 55.6 Å². The van der Waals surface area contributed by atoms with Crippen molar-refractivity contribution >= 4 is 17.4 Å². The number of hydrogen-bond donors (Lipinski definition) is 2. The summed E-state index contributed by atoms with van der Waals surface area (Å²) in [6, 6.07) is 6.37. The number of fused-ring (bicyclic) bond motifs is 1. The predicted octanol–water partition coefficient (Wildman–Crippen LogP) is 4.11. The summed E-state index contributed by atoms with van der Waals surface area (Å²) < 4.78 is 5.58. The second kappa shape index (κ2) is 11.3. The molecule has 4 rings (SSSR count). The summed E-state index contributed by atoms with van der Waals surface area (Å²) in [7, 11) is 0. The van der Waals surface area contributed by atoms with Crippen molar-refractivity contribution in [1.29, 1.82) is 0 Å². The molecule has 6 nitrogen and oxygen atoms in total. The maximum absolute atomic E-state index is 13.4. The van der Waals surface area contributed by atoms with Gasteiger partial charge in [0.2, 0.25) is 0 Å². The van der Waals surface area contributed by atoms with E-state index in [2.05, 4.69) is 29.3 Å². The van der Waals surface area contributed by atoms with Crippen LogP contribution in [0.5, 0.6) is 0 Å². The van der Waals surface area contributed by atoms with E-state index < -0.39 is 6.10 Å². The Morgan fingerprint density at radius 1 is 1.12 bits per heavy atom. The van der Waals surface area contributed by atoms with Crippen LogP contribution in [0.25, 0.3) is 0 Å². The standard InChI is InChI=1S/C28H38N2O4/c1-3-30(21-12-14-34-15-13-21)26-9-5-8-24-23(26)7-4-6-22(31)11-10-20-16-19(2)17-27(32)25(20)18-29-28(24)33/h5,8-9,16,21-22,31H,3-4,6-7,10-15,17-18H2,1-2H3,(H,29,33). The first-order valence-corrected chi connectivity index (χ1v) is 12.8. The van der Waals surface area contributed by atoms with Crippen molar-refractivity contribution in [3.05, 3.63) is 52.1 Å². The molecule has 2 heterocycles. The fourth-order valence-corrected chi connectivity index (χ4v) is 5.60. The van der Waals surface area contributed by atoms with Crippen LogP contribution >= 0.6 is 0 Å². The van der Waals surface area contributed by atoms with Crippen molar-refractivity contribution in [2.75, 3.05) is 31.2 Å². The average molecular weight is 467 g/mol. The topological polar surface area (TPSA) is 78.9 Å². The highest BCUT2D eigenvalue weighted by molar-refractivity contribution is 6.02. The maximum atomic E-state index is 13.4. The molecule has 1 fully saturated rings. The van der Waals surface area contributed by atoms with Crippen LogP contribution in [0.1, 0.15) is 74.7 Å². The summed E-state index contributed by atoms with van der Waals surface area (Å²) in [6.07, 6.45) is 7.51. The number of nitrogens with one attached hydrogen (secondary N) is 1. The minimum atomic E-state index is -0.419. The number of hydrogen-bond acceptors (Lipinski definition) is 5. The Morgan fingerprint density at radius 3 is 2.68 bits per heavy atom. The number of anilines is 1. The van der Waals surface area contributed by atoms with Gasteiger partial charge in [0.1, 0.15) is 0 Å². The zero-order chi connectivity index (χ0) is 24.1. The van der Waals surface area contributed by atoms with Gasteiger partial charge in [-0.05, 0) is 82.1 Å². The smallest absolute Gasteiger partial charge is 0.251 e. The molecule has 34 heavy (non-hydrogen) atoms. The number of amides is 1. The lowest BCUT2D eigenvalue weighted by Crippen LogP contribution is -2.40. The van der Waals surface area contributed by atoms with Crippen molar-refractivity contribution in [3.63, 3.8) is 0 Å². The van der Waals surface area contributed by atoms with Crippen LogP contribution in [-0.2, 0) is 16.0 Å². The van der Waals surface area contributed by atoms with E-state index in [0.717, 1.165) is 67.8 Å². The molecule has 2 aliphatic heterocycles. The number of nitrogens with zero attached hydrogens (tertiary/aromatic N) is 1. The molecule has 2 N–H and O–H groups in total. The van der Waals surface area contributed by atoms with E-state index in [1.807, 2.05) is 19.1 Å². The number of aliphatic hydroxyl groups is 1. The third-order valence-electron chi connectivity index (χ3n) is 7.40. The molecule has 1 unspecified atom stereocenters. The molecular weight excluding hydrogens is 428 g/mol. The average Bonchev–Trinajstić information content (AvgIpc) is 2.84. The molecule has 0 saturated carbocycles. The molecule has 1 aromatic carbocycles. The van der Waals surface area contributed by atoms with Gasteiger partial charge in [-0.1, -0.05) is 17.7 Å². The fraction of sp³-hybridized carbons (Fsp3) is 0.571. The molecule has 0 bridgehead atoms. The van der Waals surface area contributed by atoms with Gasteiger partial charge in [-0.25, -0.2) is 0 Å². The molecule has 6 heteroatoms. The molecule has 1 atom stereocenters. The van der Waals surface area contributed by atoms with E-state index in [-0.39, 0.29) is 18.2 Å². The number of carbonyl (C=O) groups excluding carboxylic acids is 2. The third kappa shape index (κ3) is 5.61. The summed E-state index contributed by atoms with van der Waals surface area (Å²) in [6.45, 7) is 6.75. The van der Waals surface area contributed by atoms with E-state index in [4.69, 9.17) is 4.74 Å². The molecule has 1 aromatic rings. The first-order chi connectivity index (χ1) is 16.5. The first-order valence-electron chi connectivity index (χ1n) is 12.8. The number of allylic oxidation sites excluding steroid dienone is 3. The van der Waals surface area contributed by atoms with Crippen LogP contribution in [0.15, 0.2) is 41.0 Å². The normalized spacial score (nSPS) is 23.0. The zero-order valence-electron chi connectivity index (χ0n) is 20.6. The lowest BCUT2D eigenvalue weighted by molar-refractivity contribution is -0.115. The Hall–Kier alpha value is -2.44. The van der Waals surface area contributed by atoms with Crippen molar-refractivity contribution in [2.45, 2.75) is 77.4 Å². The van der Waals surface area contributed by atoms with E-state index in [1.165, 1.54) is 0 Å². The van der Waals surface area contributed by atoms with Crippen LogP contribution in [0.2, 0.25) is 0 Å². The van der Waals surface area contributed by atoms with E-state index >= 15 is 0 Å². The predicted molar refractivity (Wildman–Crippen MR) is 134 cm³/mol. The van der Waals surface area contributed by atoms with Crippen LogP contribution in [0, 0.1) is 0 Å². The van der Waals surface area contributed by atoms with Gasteiger partial charge in [-0.2, -0.15) is 0 Å². The molecule has 0 radical (unpaired) electrons. The summed E-state index contributed by atoms with van der Waals surface area (Å²) in [5, 5.41) is 13.7. The number of aliphatic hydroxyl groups excluding tert-OH is 1. The third-order valence-corrected chi connectivity index (χ3v) is 7.40. The zero-order valence-corrected chi connectivity index (χ0v) is 20.6. The molecule has 3 aliphatic rings. The van der Waals surface area contributed by atoms with Crippen molar-refractivity contribution in [1.82, 2.24) is 5.32 Å². The number of benzene rings is 1. The van der Waals surface area contributed by atoms with E-state index in [1.54, 1.807) is 0 Å². The Balaban J connectivity index is 1.68. The molecule has 1 aliphatic carbocycles. The number of ether oxygens (including phenoxy) is 1. The molecule has 0 spiro atoms. The van der Waals surface area contributed by atoms with Gasteiger partial charge in [-0.3, -0.25) is 9.59 Å². The van der Waals surface area contributed by atoms with Crippen molar-refractivity contribution < 1.29 is 19.4 Å². The number of ketones is 1. The van der Waals surface area contributed by atoms with Crippen molar-refractivity contribution in [3.8, 4) is 0 Å². The summed E-state index contributed by atoms with van der Waals surface area (Å²) >= 11 is 0. The van der Waals surface area contributed by atoms with Gasteiger partial charge in [0.05, 0.1) is 6.10 Å². The Morgan fingerprint density at radius 2 is 1.91 bits per heavy atom. The van der Waals surface area contributed by atoms with Crippen molar-refractivity contribution in [2.24, 2.45) is 0 Å². The molecule has 1 saturated heterocycles. The minimum absolute atomic E-state index is 0.0744. The van der Waals surface area contributed by atoms with Crippen LogP contribution in [0.3, 0.4) is 0 Å². The largest absolute Gasteiger partial charge is 0.393 e. The Kier molecular flexibility index (Phi) is 8.22. The summed E-state index contributed by atoms with van der Waals surface area (Å²) in [4.78, 5) is 28.6. The molecule has 184 valence electrons. The quantitative estimate of drug-likeness (QED) is 0.701. The van der Waals surface area contributed by atoms with Crippen LogP contribution in [-0.4, -0.2) is 55.2 Å². The lowest BCUT2D eigenvalue weighted by atomic mass is 9.88. The second-order valence-corrected chi connectivity index (χ2v) is 9.79. The summed E-state index contributed by atoms with van der Waals surface area (Å²) in [5.74, 6) is -0.0593. The van der Waals surface area contributed by atoms with Gasteiger partial charge in [0.15, 0.2) is 5.78 Å². The second-order valence-electron chi connectivity index (χ2n) is 9.79. The Bertz CT molecular complexity index is 975.